The summed E-state index contributed by atoms with van der Waals surface area (Å²) in [5.41, 5.74) is 3.07. The molecule has 0 radical (unpaired) electrons. The first kappa shape index (κ1) is 11.8. The van der Waals surface area contributed by atoms with Gasteiger partial charge in [0.05, 0.1) is 17.8 Å². The molecule has 1 aliphatic heterocycles. The number of rotatable bonds is 2. The molecule has 1 aliphatic rings. The third-order valence-corrected chi connectivity index (χ3v) is 3.37. The first-order valence-corrected chi connectivity index (χ1v) is 6.33. The normalized spacial score (nSPS) is 17.4. The zero-order chi connectivity index (χ0) is 13.2. The lowest BCUT2D eigenvalue weighted by Crippen LogP contribution is -2.33. The van der Waals surface area contributed by atoms with Crippen LogP contribution in [0.1, 0.15) is 5.56 Å². The lowest BCUT2D eigenvalue weighted by Gasteiger charge is -2.25. The number of aromatic nitrogens is 2. The van der Waals surface area contributed by atoms with Crippen molar-refractivity contribution in [1.29, 1.82) is 0 Å². The van der Waals surface area contributed by atoms with Crippen molar-refractivity contribution in [3.63, 3.8) is 0 Å². The molecule has 1 aromatic heterocycles. The minimum atomic E-state index is -0.0462. The molecular weight excluding hydrogens is 240 g/mol. The molecule has 98 valence electrons. The molecule has 3 rings (SSSR count). The fourth-order valence-corrected chi connectivity index (χ4v) is 2.36. The van der Waals surface area contributed by atoms with Crippen LogP contribution in [-0.2, 0) is 18.3 Å². The summed E-state index contributed by atoms with van der Waals surface area (Å²) >= 11 is 0. The molecule has 5 nitrogen and oxygen atoms in total. The van der Waals surface area contributed by atoms with Gasteiger partial charge in [0.2, 0.25) is 5.91 Å². The molecule has 2 aromatic rings. The van der Waals surface area contributed by atoms with Crippen LogP contribution in [0, 0.1) is 5.92 Å². The van der Waals surface area contributed by atoms with E-state index in [0.717, 1.165) is 17.8 Å². The number of carbonyl (C=O) groups excluding carboxylic acids is 1. The maximum Gasteiger partial charge on any atom is 0.229 e. The SMILES string of the molecule is Cn1cc(NC(=O)C2CNc3ccccc3C2)cn1. The minimum Gasteiger partial charge on any atom is -0.384 e. The van der Waals surface area contributed by atoms with Gasteiger partial charge in [-0.25, -0.2) is 0 Å². The van der Waals surface area contributed by atoms with Crippen molar-refractivity contribution in [2.75, 3.05) is 17.2 Å². The van der Waals surface area contributed by atoms with Gasteiger partial charge in [-0.2, -0.15) is 5.10 Å². The Morgan fingerprint density at radius 3 is 3.11 bits per heavy atom. The number of para-hydroxylation sites is 1. The van der Waals surface area contributed by atoms with Gasteiger partial charge in [0.25, 0.3) is 0 Å². The van der Waals surface area contributed by atoms with Crippen molar-refractivity contribution in [2.45, 2.75) is 6.42 Å². The van der Waals surface area contributed by atoms with Crippen molar-refractivity contribution < 1.29 is 4.79 Å². The molecule has 1 unspecified atom stereocenters. The monoisotopic (exact) mass is 256 g/mol. The van der Waals surface area contributed by atoms with Gasteiger partial charge in [0.15, 0.2) is 0 Å². The van der Waals surface area contributed by atoms with Crippen LogP contribution in [0.25, 0.3) is 0 Å². The minimum absolute atomic E-state index is 0.0370. The topological polar surface area (TPSA) is 59.0 Å². The molecule has 0 fully saturated rings. The summed E-state index contributed by atoms with van der Waals surface area (Å²) in [4.78, 5) is 12.2. The molecule has 1 atom stereocenters. The Balaban J connectivity index is 1.69. The van der Waals surface area contributed by atoms with Crippen molar-refractivity contribution >= 4 is 17.3 Å². The number of hydrogen-bond acceptors (Lipinski definition) is 3. The molecular formula is C14H16N4O. The lowest BCUT2D eigenvalue weighted by molar-refractivity contribution is -0.119. The zero-order valence-electron chi connectivity index (χ0n) is 10.8. The van der Waals surface area contributed by atoms with Gasteiger partial charge in [-0.05, 0) is 18.1 Å². The predicted molar refractivity (Wildman–Crippen MR) is 74.0 cm³/mol. The van der Waals surface area contributed by atoms with Gasteiger partial charge in [-0.3, -0.25) is 9.48 Å². The summed E-state index contributed by atoms with van der Waals surface area (Å²) in [6.07, 6.45) is 4.22. The Kier molecular flexibility index (Phi) is 2.95. The maximum atomic E-state index is 12.2. The van der Waals surface area contributed by atoms with E-state index in [9.17, 15) is 4.79 Å². The van der Waals surface area contributed by atoms with Gasteiger partial charge in [-0.1, -0.05) is 18.2 Å². The number of nitrogens with zero attached hydrogens (tertiary/aromatic N) is 2. The maximum absolute atomic E-state index is 12.2. The number of nitrogens with one attached hydrogen (secondary N) is 2. The first-order valence-electron chi connectivity index (χ1n) is 6.33. The summed E-state index contributed by atoms with van der Waals surface area (Å²) in [5.74, 6) is -0.00916. The highest BCUT2D eigenvalue weighted by atomic mass is 16.1. The highest BCUT2D eigenvalue weighted by Gasteiger charge is 2.24. The van der Waals surface area contributed by atoms with Gasteiger partial charge in [0.1, 0.15) is 0 Å². The van der Waals surface area contributed by atoms with E-state index in [1.54, 1.807) is 17.1 Å². The van der Waals surface area contributed by atoms with E-state index >= 15 is 0 Å². The van der Waals surface area contributed by atoms with Crippen LogP contribution in [0.15, 0.2) is 36.7 Å². The lowest BCUT2D eigenvalue weighted by atomic mass is 9.93. The summed E-state index contributed by atoms with van der Waals surface area (Å²) in [5, 5.41) is 10.2. The molecule has 19 heavy (non-hydrogen) atoms. The Morgan fingerprint density at radius 2 is 2.32 bits per heavy atom. The van der Waals surface area contributed by atoms with Crippen LogP contribution in [0.2, 0.25) is 0 Å². The molecule has 0 saturated carbocycles. The average molecular weight is 256 g/mol. The Hall–Kier alpha value is -2.30. The Bertz CT molecular complexity index is 605. The smallest absolute Gasteiger partial charge is 0.229 e. The highest BCUT2D eigenvalue weighted by Crippen LogP contribution is 2.24. The molecule has 5 heteroatoms. The van der Waals surface area contributed by atoms with Crippen LogP contribution in [0.5, 0.6) is 0 Å². The molecule has 1 aromatic carbocycles. The van der Waals surface area contributed by atoms with Crippen molar-refractivity contribution in [2.24, 2.45) is 13.0 Å². The van der Waals surface area contributed by atoms with Gasteiger partial charge >= 0.3 is 0 Å². The Morgan fingerprint density at radius 1 is 1.47 bits per heavy atom. The summed E-state index contributed by atoms with van der Waals surface area (Å²) in [7, 11) is 1.83. The third kappa shape index (κ3) is 2.45. The number of anilines is 2. The highest BCUT2D eigenvalue weighted by molar-refractivity contribution is 5.93. The van der Waals surface area contributed by atoms with Crippen molar-refractivity contribution in [3.05, 3.63) is 42.2 Å². The second-order valence-electron chi connectivity index (χ2n) is 4.83. The zero-order valence-corrected chi connectivity index (χ0v) is 10.8. The molecule has 0 bridgehead atoms. The Labute approximate surface area is 111 Å². The molecule has 2 N–H and O–H groups in total. The van der Waals surface area contributed by atoms with Crippen LogP contribution >= 0.6 is 0 Å². The van der Waals surface area contributed by atoms with E-state index in [-0.39, 0.29) is 11.8 Å². The number of carbonyl (C=O) groups is 1. The quantitative estimate of drug-likeness (QED) is 0.858. The average Bonchev–Trinajstić information content (AvgIpc) is 2.83. The first-order chi connectivity index (χ1) is 9.22. The predicted octanol–water partition coefficient (Wildman–Crippen LogP) is 1.64. The number of amides is 1. The van der Waals surface area contributed by atoms with Crippen LogP contribution in [0.3, 0.4) is 0 Å². The molecule has 0 aliphatic carbocycles. The number of benzene rings is 1. The van der Waals surface area contributed by atoms with E-state index in [1.165, 1.54) is 5.56 Å². The van der Waals surface area contributed by atoms with Crippen LogP contribution in [-0.4, -0.2) is 22.2 Å². The molecule has 0 saturated heterocycles. The second kappa shape index (κ2) is 4.76. The van der Waals surface area contributed by atoms with E-state index < -0.39 is 0 Å². The number of fused-ring (bicyclic) bond motifs is 1. The molecule has 2 heterocycles. The molecule has 0 spiro atoms. The number of hydrogen-bond donors (Lipinski definition) is 2. The van der Waals surface area contributed by atoms with E-state index in [2.05, 4.69) is 21.8 Å². The largest absolute Gasteiger partial charge is 0.384 e. The van der Waals surface area contributed by atoms with Crippen molar-refractivity contribution in [3.8, 4) is 0 Å². The summed E-state index contributed by atoms with van der Waals surface area (Å²) < 4.78 is 1.67. The van der Waals surface area contributed by atoms with E-state index in [1.807, 2.05) is 25.2 Å². The summed E-state index contributed by atoms with van der Waals surface area (Å²) in [6, 6.07) is 8.11. The van der Waals surface area contributed by atoms with Crippen LogP contribution < -0.4 is 10.6 Å². The third-order valence-electron chi connectivity index (χ3n) is 3.37. The van der Waals surface area contributed by atoms with E-state index in [0.29, 0.717) is 6.54 Å². The van der Waals surface area contributed by atoms with Gasteiger partial charge in [0, 0.05) is 25.5 Å². The molecule has 1 amide bonds. The number of aryl methyl sites for hydroxylation is 1. The van der Waals surface area contributed by atoms with E-state index in [4.69, 9.17) is 0 Å². The fourth-order valence-electron chi connectivity index (χ4n) is 2.36. The van der Waals surface area contributed by atoms with Crippen LogP contribution in [0.4, 0.5) is 11.4 Å². The van der Waals surface area contributed by atoms with Gasteiger partial charge in [-0.15, -0.1) is 0 Å². The van der Waals surface area contributed by atoms with Gasteiger partial charge < -0.3 is 10.6 Å². The standard InChI is InChI=1S/C14H16N4O/c1-18-9-12(8-16-18)17-14(19)11-6-10-4-2-3-5-13(10)15-7-11/h2-5,8-9,11,15H,6-7H2,1H3,(H,17,19). The second-order valence-corrected chi connectivity index (χ2v) is 4.83. The fraction of sp³-hybridized carbons (Fsp3) is 0.286. The van der Waals surface area contributed by atoms with Crippen molar-refractivity contribution in [1.82, 2.24) is 9.78 Å². The summed E-state index contributed by atoms with van der Waals surface area (Å²) in [6.45, 7) is 0.670.